The number of hydrogen-bond donors (Lipinski definition) is 0. The van der Waals surface area contributed by atoms with Crippen molar-refractivity contribution in [2.24, 2.45) is 0 Å². The number of sulfonamides is 1. The molecule has 1 fully saturated rings. The molecule has 0 N–H and O–H groups in total. The van der Waals surface area contributed by atoms with Gasteiger partial charge in [-0.05, 0) is 81.7 Å². The smallest absolute Gasteiger partial charge is 0.387 e. The lowest BCUT2D eigenvalue weighted by atomic mass is 9.74. The van der Waals surface area contributed by atoms with Crippen LogP contribution < -0.4 is 13.8 Å². The van der Waals surface area contributed by atoms with E-state index >= 15 is 4.39 Å². The summed E-state index contributed by atoms with van der Waals surface area (Å²) in [5.41, 5.74) is -1.68. The second-order valence-electron chi connectivity index (χ2n) is 10.0. The van der Waals surface area contributed by atoms with E-state index in [2.05, 4.69) is 14.6 Å². The van der Waals surface area contributed by atoms with Gasteiger partial charge in [0.2, 0.25) is 5.88 Å². The third-order valence-electron chi connectivity index (χ3n) is 7.63. The topological polar surface area (TPSA) is 89.0 Å². The largest absolute Gasteiger partial charge is 0.481 e. The Morgan fingerprint density at radius 2 is 1.71 bits per heavy atom. The van der Waals surface area contributed by atoms with Crippen LogP contribution in [-0.2, 0) is 20.2 Å². The number of methoxy groups -OCH3 is 1. The number of amides is 1. The molecule has 1 aromatic heterocycles. The van der Waals surface area contributed by atoms with E-state index in [9.17, 15) is 22.0 Å². The molecular weight excluding hydrogens is 559 g/mol. The van der Waals surface area contributed by atoms with E-state index in [1.165, 1.54) is 37.4 Å². The number of carbonyl (C=O) groups excluding carboxylic acids is 1. The van der Waals surface area contributed by atoms with Crippen molar-refractivity contribution in [3.8, 4) is 11.6 Å². The lowest BCUT2D eigenvalue weighted by molar-refractivity contribution is -0.121. The molecule has 12 heteroatoms. The maximum atomic E-state index is 15.5. The summed E-state index contributed by atoms with van der Waals surface area (Å²) in [7, 11) is -3.18. The Morgan fingerprint density at radius 1 is 1.00 bits per heavy atom. The highest BCUT2D eigenvalue weighted by atomic mass is 32.2. The molecule has 41 heavy (non-hydrogen) atoms. The Labute approximate surface area is 236 Å². The van der Waals surface area contributed by atoms with Crippen molar-refractivity contribution in [1.82, 2.24) is 9.88 Å². The molecule has 8 nitrogen and oxygen atoms in total. The minimum absolute atomic E-state index is 0.0176. The van der Waals surface area contributed by atoms with Gasteiger partial charge in [-0.25, -0.2) is 17.8 Å². The second kappa shape index (κ2) is 11.7. The molecule has 0 radical (unpaired) electrons. The molecule has 3 aromatic rings. The van der Waals surface area contributed by atoms with Gasteiger partial charge in [0, 0.05) is 11.6 Å². The first-order valence-electron chi connectivity index (χ1n) is 13.4. The predicted molar refractivity (Wildman–Crippen MR) is 145 cm³/mol. The number of nitrogens with zero attached hydrogens (tertiary/aromatic N) is 3. The Hall–Kier alpha value is -3.64. The first-order valence-corrected chi connectivity index (χ1v) is 14.8. The highest BCUT2D eigenvalue weighted by Gasteiger charge is 2.58. The number of ether oxygens (including phenoxy) is 2. The number of alkyl halides is 2. The summed E-state index contributed by atoms with van der Waals surface area (Å²) in [4.78, 5) is 21.0. The van der Waals surface area contributed by atoms with Crippen LogP contribution in [0.25, 0.3) is 0 Å². The van der Waals surface area contributed by atoms with Crippen molar-refractivity contribution in [1.29, 1.82) is 0 Å². The maximum absolute atomic E-state index is 15.5. The van der Waals surface area contributed by atoms with E-state index in [0.29, 0.717) is 17.3 Å². The third kappa shape index (κ3) is 5.38. The van der Waals surface area contributed by atoms with Crippen LogP contribution in [0.1, 0.15) is 43.4 Å². The minimum Gasteiger partial charge on any atom is -0.481 e. The normalized spacial score (nSPS) is 19.4. The van der Waals surface area contributed by atoms with E-state index in [-0.39, 0.29) is 39.9 Å². The Bertz CT molecular complexity index is 1510. The molecule has 0 bridgehead atoms. The van der Waals surface area contributed by atoms with Crippen LogP contribution in [0.2, 0.25) is 0 Å². The third-order valence-corrected chi connectivity index (χ3v) is 9.34. The van der Waals surface area contributed by atoms with E-state index < -0.39 is 33.8 Å². The first kappa shape index (κ1) is 28.9. The number of halogens is 3. The average molecular weight is 590 g/mol. The summed E-state index contributed by atoms with van der Waals surface area (Å²) >= 11 is 0. The lowest BCUT2D eigenvalue weighted by Crippen LogP contribution is -2.45. The van der Waals surface area contributed by atoms with Crippen molar-refractivity contribution in [2.75, 3.05) is 31.0 Å². The number of fused-ring (bicyclic) bond motifs is 1. The van der Waals surface area contributed by atoms with E-state index in [0.717, 1.165) is 56.6 Å². The molecule has 218 valence electrons. The van der Waals surface area contributed by atoms with Crippen molar-refractivity contribution in [3.05, 3.63) is 77.7 Å². The van der Waals surface area contributed by atoms with Gasteiger partial charge in [0.25, 0.3) is 15.9 Å². The first-order chi connectivity index (χ1) is 19.7. The monoisotopic (exact) mass is 589 g/mol. The Morgan fingerprint density at radius 3 is 2.37 bits per heavy atom. The van der Waals surface area contributed by atoms with Gasteiger partial charge >= 0.3 is 6.61 Å². The fraction of sp³-hybridized carbons (Fsp3) is 0.379. The number of likely N-dealkylation sites (tertiary alicyclic amines) is 1. The van der Waals surface area contributed by atoms with Gasteiger partial charge in [-0.3, -0.25) is 4.79 Å². The van der Waals surface area contributed by atoms with Crippen LogP contribution in [0, 0.1) is 5.82 Å². The SMILES string of the molecule is COc1ccc2c(n1)C(CCCN1CCCCC1)(c1ccccc1F)C(=O)N2S(=O)(=O)c1ccc(OC(F)F)cc1. The lowest BCUT2D eigenvalue weighted by Gasteiger charge is -2.31. The number of rotatable bonds is 10. The number of pyridine rings is 1. The molecular formula is C29H30F3N3O5S. The predicted octanol–water partition coefficient (Wildman–Crippen LogP) is 5.12. The molecule has 0 saturated carbocycles. The number of piperidine rings is 1. The second-order valence-corrected chi connectivity index (χ2v) is 11.8. The molecule has 0 spiro atoms. The van der Waals surface area contributed by atoms with Crippen molar-refractivity contribution < 1.29 is 35.9 Å². The fourth-order valence-electron chi connectivity index (χ4n) is 5.71. The highest BCUT2D eigenvalue weighted by Crippen LogP contribution is 2.51. The van der Waals surface area contributed by atoms with Crippen LogP contribution in [0.3, 0.4) is 0 Å². The minimum atomic E-state index is -4.58. The fourth-order valence-corrected chi connectivity index (χ4v) is 7.18. The quantitative estimate of drug-likeness (QED) is 0.325. The molecule has 1 saturated heterocycles. The zero-order valence-corrected chi connectivity index (χ0v) is 23.2. The zero-order chi connectivity index (χ0) is 29.2. The van der Waals surface area contributed by atoms with Gasteiger partial charge in [0.05, 0.1) is 23.4 Å². The molecule has 1 unspecified atom stereocenters. The molecule has 0 aliphatic carbocycles. The molecule has 2 aliphatic heterocycles. The highest BCUT2D eigenvalue weighted by molar-refractivity contribution is 7.93. The summed E-state index contributed by atoms with van der Waals surface area (Å²) in [5, 5.41) is 0. The van der Waals surface area contributed by atoms with Crippen molar-refractivity contribution in [3.63, 3.8) is 0 Å². The zero-order valence-electron chi connectivity index (χ0n) is 22.4. The van der Waals surface area contributed by atoms with Crippen molar-refractivity contribution >= 4 is 21.6 Å². The van der Waals surface area contributed by atoms with Crippen LogP contribution in [0.4, 0.5) is 18.9 Å². The number of carbonyl (C=O) groups is 1. The number of aromatic nitrogens is 1. The van der Waals surface area contributed by atoms with Gasteiger partial charge in [-0.15, -0.1) is 0 Å². The number of hydrogen-bond acceptors (Lipinski definition) is 7. The van der Waals surface area contributed by atoms with Gasteiger partial charge in [-0.1, -0.05) is 24.6 Å². The number of benzene rings is 2. The molecule has 1 amide bonds. The summed E-state index contributed by atoms with van der Waals surface area (Å²) in [6, 6.07) is 13.0. The van der Waals surface area contributed by atoms with Gasteiger partial charge in [0.15, 0.2) is 0 Å². The molecule has 5 rings (SSSR count). The maximum Gasteiger partial charge on any atom is 0.387 e. The van der Waals surface area contributed by atoms with Crippen molar-refractivity contribution in [2.45, 2.75) is 49.0 Å². The van der Waals surface area contributed by atoms with E-state index in [1.54, 1.807) is 6.07 Å². The van der Waals surface area contributed by atoms with E-state index in [1.807, 2.05) is 0 Å². The van der Waals surface area contributed by atoms with Gasteiger partial charge < -0.3 is 14.4 Å². The summed E-state index contributed by atoms with van der Waals surface area (Å²) in [5.74, 6) is -1.63. The van der Waals surface area contributed by atoms with Crippen LogP contribution in [0.15, 0.2) is 65.6 Å². The summed E-state index contributed by atoms with van der Waals surface area (Å²) in [6.07, 6.45) is 3.89. The Kier molecular flexibility index (Phi) is 8.23. The molecule has 3 heterocycles. The molecule has 1 atom stereocenters. The molecule has 2 aliphatic rings. The van der Waals surface area contributed by atoms with Crippen LogP contribution in [0.5, 0.6) is 11.6 Å². The average Bonchev–Trinajstić information content (AvgIpc) is 3.21. The Balaban J connectivity index is 1.62. The van der Waals surface area contributed by atoms with Crippen LogP contribution >= 0.6 is 0 Å². The van der Waals surface area contributed by atoms with Crippen LogP contribution in [-0.4, -0.2) is 57.6 Å². The van der Waals surface area contributed by atoms with Gasteiger partial charge in [-0.2, -0.15) is 13.1 Å². The summed E-state index contributed by atoms with van der Waals surface area (Å²) < 4.78 is 79.1. The molecule has 2 aromatic carbocycles. The van der Waals surface area contributed by atoms with E-state index in [4.69, 9.17) is 4.74 Å². The number of anilines is 1. The summed E-state index contributed by atoms with van der Waals surface area (Å²) in [6.45, 7) is -0.581. The van der Waals surface area contributed by atoms with Gasteiger partial charge in [0.1, 0.15) is 17.0 Å². The standard InChI is InChI=1S/C29H30F3N3O5S/c1-39-25-15-14-24-26(33-25)29(22-8-3-4-9-23(22)30,16-7-19-34-17-5-2-6-18-34)27(36)35(24)41(37,38)21-12-10-20(11-13-21)40-28(31)32/h3-4,8-15,28H,2,5-7,16-19H2,1H3.